The Morgan fingerprint density at radius 3 is 1.38 bits per heavy atom. The number of carbonyl (C=O) groups excluding carboxylic acids is 2. The Morgan fingerprint density at radius 1 is 0.690 bits per heavy atom. The van der Waals surface area contributed by atoms with E-state index in [9.17, 15) is 9.59 Å². The molecule has 0 aliphatic carbocycles. The third kappa shape index (κ3) is 8.00. The maximum Gasteiger partial charge on any atom is 0.175 e. The van der Waals surface area contributed by atoms with Crippen LogP contribution in [0.5, 0.6) is 0 Å². The van der Waals surface area contributed by atoms with E-state index in [0.29, 0.717) is 24.2 Å². The number of rotatable bonds is 12. The molecule has 8 N–H and O–H groups in total. The van der Waals surface area contributed by atoms with Crippen molar-refractivity contribution in [3.8, 4) is 0 Å². The van der Waals surface area contributed by atoms with Crippen LogP contribution in [0.15, 0.2) is 48.5 Å². The van der Waals surface area contributed by atoms with Gasteiger partial charge in [-0.25, -0.2) is 0 Å². The maximum atomic E-state index is 12.0. The summed E-state index contributed by atoms with van der Waals surface area (Å²) in [6, 6.07) is 13.0. The molecule has 2 rings (SSSR count). The molecular formula is C21H28N4O4. The summed E-state index contributed by atoms with van der Waals surface area (Å²) in [4.78, 5) is 24.0. The first kappa shape index (κ1) is 22.5. The molecule has 0 radical (unpaired) electrons. The van der Waals surface area contributed by atoms with Crippen molar-refractivity contribution in [2.75, 3.05) is 31.5 Å². The second kappa shape index (κ2) is 11.3. The zero-order chi connectivity index (χ0) is 21.2. The van der Waals surface area contributed by atoms with Gasteiger partial charge >= 0.3 is 0 Å². The predicted octanol–water partition coefficient (Wildman–Crippen LogP) is 0.420. The van der Waals surface area contributed by atoms with Crippen LogP contribution in [-0.4, -0.2) is 43.7 Å². The van der Waals surface area contributed by atoms with Crippen molar-refractivity contribution in [3.05, 3.63) is 59.7 Å². The lowest BCUT2D eigenvalue weighted by atomic mass is 10.0. The summed E-state index contributed by atoms with van der Waals surface area (Å²) in [6.45, 7) is -0.579. The number of ketones is 2. The number of nitrogen functional groups attached to an aromatic ring is 2. The fourth-order valence-electron chi connectivity index (χ4n) is 2.60. The van der Waals surface area contributed by atoms with Crippen molar-refractivity contribution in [2.45, 2.75) is 24.9 Å². The minimum Gasteiger partial charge on any atom is -0.399 e. The van der Waals surface area contributed by atoms with Crippen LogP contribution in [0.1, 0.15) is 11.1 Å². The quantitative estimate of drug-likeness (QED) is 0.227. The fourth-order valence-corrected chi connectivity index (χ4v) is 2.60. The van der Waals surface area contributed by atoms with E-state index in [0.717, 1.165) is 11.1 Å². The Labute approximate surface area is 170 Å². The molecule has 2 aromatic carbocycles. The minimum atomic E-state index is -0.686. The lowest BCUT2D eigenvalue weighted by molar-refractivity contribution is -0.136. The van der Waals surface area contributed by atoms with Crippen molar-refractivity contribution in [3.63, 3.8) is 0 Å². The average Bonchev–Trinajstić information content (AvgIpc) is 2.70. The lowest BCUT2D eigenvalue weighted by Gasteiger charge is -2.13. The summed E-state index contributed by atoms with van der Waals surface area (Å²) in [5.41, 5.74) is 26.2. The summed E-state index contributed by atoms with van der Waals surface area (Å²) < 4.78 is 10.3. The van der Waals surface area contributed by atoms with Gasteiger partial charge in [0.1, 0.15) is 20.0 Å². The number of ether oxygens (including phenoxy) is 2. The molecule has 0 aromatic heterocycles. The van der Waals surface area contributed by atoms with Gasteiger partial charge in [0.25, 0.3) is 0 Å². The van der Waals surface area contributed by atoms with E-state index in [1.165, 1.54) is 0 Å². The van der Waals surface area contributed by atoms with Crippen molar-refractivity contribution >= 4 is 22.9 Å². The normalized spacial score (nSPS) is 13.0. The summed E-state index contributed by atoms with van der Waals surface area (Å²) in [6.07, 6.45) is 0.781. The number of benzene rings is 2. The Kier molecular flexibility index (Phi) is 8.75. The van der Waals surface area contributed by atoms with Gasteiger partial charge in [-0.3, -0.25) is 9.59 Å². The van der Waals surface area contributed by atoms with Crippen LogP contribution in [-0.2, 0) is 31.9 Å². The number of nitrogens with two attached hydrogens (primary N) is 4. The molecule has 2 atom stereocenters. The Balaban J connectivity index is 1.61. The molecule has 8 nitrogen and oxygen atoms in total. The molecule has 156 valence electrons. The molecule has 0 fully saturated rings. The van der Waals surface area contributed by atoms with Crippen LogP contribution in [0.2, 0.25) is 0 Å². The van der Waals surface area contributed by atoms with Gasteiger partial charge in [-0.05, 0) is 48.2 Å². The van der Waals surface area contributed by atoms with Gasteiger partial charge in [0.15, 0.2) is 11.6 Å². The first-order valence-electron chi connectivity index (χ1n) is 9.26. The summed E-state index contributed by atoms with van der Waals surface area (Å²) in [5, 5.41) is 0. The number of hydrogen-bond acceptors (Lipinski definition) is 8. The third-order valence-corrected chi connectivity index (χ3v) is 4.35. The highest BCUT2D eigenvalue weighted by Gasteiger charge is 2.16. The largest absolute Gasteiger partial charge is 0.399 e. The summed E-state index contributed by atoms with van der Waals surface area (Å²) in [7, 11) is 0. The van der Waals surface area contributed by atoms with Crippen molar-refractivity contribution in [1.29, 1.82) is 0 Å². The highest BCUT2D eigenvalue weighted by molar-refractivity contribution is 5.85. The van der Waals surface area contributed by atoms with Gasteiger partial charge in [0.05, 0.1) is 12.1 Å². The molecule has 0 aliphatic heterocycles. The average molecular weight is 400 g/mol. The fraction of sp³-hybridized carbons (Fsp3) is 0.333. The molecule has 2 unspecified atom stereocenters. The van der Waals surface area contributed by atoms with E-state index >= 15 is 0 Å². The van der Waals surface area contributed by atoms with Crippen molar-refractivity contribution in [2.24, 2.45) is 11.5 Å². The first-order chi connectivity index (χ1) is 13.8. The highest BCUT2D eigenvalue weighted by Crippen LogP contribution is 2.09. The molecule has 0 heterocycles. The number of carbonyl (C=O) groups is 2. The number of anilines is 2. The predicted molar refractivity (Wildman–Crippen MR) is 112 cm³/mol. The van der Waals surface area contributed by atoms with Crippen LogP contribution in [0.25, 0.3) is 0 Å². The van der Waals surface area contributed by atoms with Gasteiger partial charge in [-0.1, -0.05) is 24.3 Å². The van der Waals surface area contributed by atoms with E-state index in [1.807, 2.05) is 24.3 Å². The van der Waals surface area contributed by atoms with E-state index < -0.39 is 12.1 Å². The Morgan fingerprint density at radius 2 is 1.03 bits per heavy atom. The van der Waals surface area contributed by atoms with Crippen LogP contribution in [0.4, 0.5) is 11.4 Å². The molecule has 29 heavy (non-hydrogen) atoms. The molecule has 8 heteroatoms. The van der Waals surface area contributed by atoms with Crippen molar-refractivity contribution in [1.82, 2.24) is 0 Å². The second-order valence-corrected chi connectivity index (χ2v) is 6.85. The molecule has 0 spiro atoms. The maximum absolute atomic E-state index is 12.0. The highest BCUT2D eigenvalue weighted by atomic mass is 16.7. The Hall–Kier alpha value is -2.78. The smallest absolute Gasteiger partial charge is 0.175 e. The molecule has 0 amide bonds. The van der Waals surface area contributed by atoms with Crippen LogP contribution >= 0.6 is 0 Å². The molecule has 2 aromatic rings. The van der Waals surface area contributed by atoms with Crippen molar-refractivity contribution < 1.29 is 19.1 Å². The van der Waals surface area contributed by atoms with Gasteiger partial charge < -0.3 is 32.4 Å². The van der Waals surface area contributed by atoms with Gasteiger partial charge in [-0.15, -0.1) is 0 Å². The van der Waals surface area contributed by atoms with Crippen LogP contribution < -0.4 is 22.9 Å². The topological polar surface area (TPSA) is 157 Å². The van der Waals surface area contributed by atoms with E-state index in [-0.39, 0.29) is 31.6 Å². The molecular weight excluding hydrogens is 372 g/mol. The minimum absolute atomic E-state index is 0.193. The van der Waals surface area contributed by atoms with E-state index in [4.69, 9.17) is 32.4 Å². The van der Waals surface area contributed by atoms with Gasteiger partial charge in [0.2, 0.25) is 0 Å². The van der Waals surface area contributed by atoms with Gasteiger partial charge in [0, 0.05) is 11.4 Å². The second-order valence-electron chi connectivity index (χ2n) is 6.85. The van der Waals surface area contributed by atoms with Gasteiger partial charge in [-0.2, -0.15) is 0 Å². The summed E-state index contributed by atoms with van der Waals surface area (Å²) >= 11 is 0. The monoisotopic (exact) mass is 400 g/mol. The first-order valence-corrected chi connectivity index (χ1v) is 9.26. The van der Waals surface area contributed by atoms with Crippen LogP contribution in [0, 0.1) is 0 Å². The zero-order valence-electron chi connectivity index (χ0n) is 16.3. The standard InChI is InChI=1S/C21H28N4O4/c22-16-5-1-14(2-6-16)9-18(24)20(26)11-28-13-29-12-21(27)19(25)10-15-3-7-17(23)8-4-15/h1-8,18-19H,9-13,22-25H2. The SMILES string of the molecule is Nc1ccc(CC(N)C(=O)COCOCC(=O)C(N)Cc2ccc(N)cc2)cc1. The van der Waals surface area contributed by atoms with E-state index in [1.54, 1.807) is 24.3 Å². The summed E-state index contributed by atoms with van der Waals surface area (Å²) in [5.74, 6) is -0.506. The molecule has 0 aliphatic rings. The van der Waals surface area contributed by atoms with E-state index in [2.05, 4.69) is 0 Å². The molecule has 0 saturated carbocycles. The number of hydrogen-bond donors (Lipinski definition) is 4. The zero-order valence-corrected chi connectivity index (χ0v) is 16.3. The molecule has 0 saturated heterocycles. The Bertz CT molecular complexity index is 726. The number of Topliss-reactive ketones (excluding diaryl/α,β-unsaturated/α-hetero) is 2. The molecule has 0 bridgehead atoms. The lowest BCUT2D eigenvalue weighted by Crippen LogP contribution is -2.36. The third-order valence-electron chi connectivity index (χ3n) is 4.35. The van der Waals surface area contributed by atoms with Crippen LogP contribution in [0.3, 0.4) is 0 Å².